The minimum atomic E-state index is -3.61. The molecule has 0 atom stereocenters. The SMILES string of the molecule is CCN1CCN(c2ccc(NC(=O)c3cc(S(=O)(=O)N(CC)CC)cn3C)cc2)CC1. The quantitative estimate of drug-likeness (QED) is 0.673. The summed E-state index contributed by atoms with van der Waals surface area (Å²) < 4.78 is 28.4. The molecular weight excluding hydrogens is 414 g/mol. The predicted octanol–water partition coefficient (Wildman–Crippen LogP) is 2.45. The van der Waals surface area contributed by atoms with E-state index in [1.807, 2.05) is 24.3 Å². The maximum atomic E-state index is 12.8. The number of aromatic nitrogens is 1. The molecule has 1 saturated heterocycles. The van der Waals surface area contributed by atoms with Crippen LogP contribution in [0, 0.1) is 0 Å². The lowest BCUT2D eigenvalue weighted by atomic mass is 10.2. The molecule has 2 aromatic rings. The van der Waals surface area contributed by atoms with Crippen LogP contribution in [0.4, 0.5) is 11.4 Å². The van der Waals surface area contributed by atoms with Gasteiger partial charge < -0.3 is 19.7 Å². The van der Waals surface area contributed by atoms with Crippen LogP contribution in [0.15, 0.2) is 41.4 Å². The molecular formula is C22H33N5O3S. The lowest BCUT2D eigenvalue weighted by molar-refractivity contribution is 0.101. The topological polar surface area (TPSA) is 77.9 Å². The Balaban J connectivity index is 1.69. The van der Waals surface area contributed by atoms with Crippen molar-refractivity contribution in [1.82, 2.24) is 13.8 Å². The molecule has 9 heteroatoms. The van der Waals surface area contributed by atoms with Crippen LogP contribution in [-0.4, -0.2) is 73.9 Å². The number of rotatable bonds is 8. The summed E-state index contributed by atoms with van der Waals surface area (Å²) in [5.74, 6) is -0.340. The number of hydrogen-bond acceptors (Lipinski definition) is 5. The summed E-state index contributed by atoms with van der Waals surface area (Å²) in [7, 11) is -1.93. The molecule has 0 bridgehead atoms. The smallest absolute Gasteiger partial charge is 0.272 e. The van der Waals surface area contributed by atoms with Gasteiger partial charge in [-0.3, -0.25) is 4.79 Å². The van der Waals surface area contributed by atoms with Crippen molar-refractivity contribution in [3.05, 3.63) is 42.2 Å². The molecule has 1 N–H and O–H groups in total. The van der Waals surface area contributed by atoms with Crippen LogP contribution in [-0.2, 0) is 17.1 Å². The first-order valence-electron chi connectivity index (χ1n) is 10.8. The number of nitrogens with one attached hydrogen (secondary N) is 1. The fourth-order valence-electron chi connectivity index (χ4n) is 3.89. The van der Waals surface area contributed by atoms with Gasteiger partial charge >= 0.3 is 0 Å². The molecule has 1 aliphatic heterocycles. The molecule has 2 heterocycles. The summed E-state index contributed by atoms with van der Waals surface area (Å²) in [6.07, 6.45) is 1.49. The van der Waals surface area contributed by atoms with E-state index in [1.165, 1.54) is 16.6 Å². The van der Waals surface area contributed by atoms with Crippen LogP contribution in [0.25, 0.3) is 0 Å². The fourth-order valence-corrected chi connectivity index (χ4v) is 5.42. The minimum absolute atomic E-state index is 0.130. The van der Waals surface area contributed by atoms with E-state index in [0.717, 1.165) is 38.4 Å². The Kier molecular flexibility index (Phi) is 7.40. The zero-order valence-electron chi connectivity index (χ0n) is 18.8. The number of sulfonamides is 1. The largest absolute Gasteiger partial charge is 0.369 e. The van der Waals surface area contributed by atoms with Crippen molar-refractivity contribution in [2.24, 2.45) is 7.05 Å². The van der Waals surface area contributed by atoms with Crippen molar-refractivity contribution in [3.8, 4) is 0 Å². The summed E-state index contributed by atoms with van der Waals surface area (Å²) in [5.41, 5.74) is 2.11. The number of aryl methyl sites for hydroxylation is 1. The molecule has 0 unspecified atom stereocenters. The molecule has 1 aromatic carbocycles. The van der Waals surface area contributed by atoms with E-state index in [2.05, 4.69) is 22.0 Å². The first-order valence-corrected chi connectivity index (χ1v) is 12.3. The molecule has 0 radical (unpaired) electrons. The van der Waals surface area contributed by atoms with E-state index < -0.39 is 10.0 Å². The summed E-state index contributed by atoms with van der Waals surface area (Å²) >= 11 is 0. The van der Waals surface area contributed by atoms with Crippen molar-refractivity contribution < 1.29 is 13.2 Å². The van der Waals surface area contributed by atoms with Gasteiger partial charge in [0.1, 0.15) is 10.6 Å². The molecule has 0 saturated carbocycles. The molecule has 1 aromatic heterocycles. The van der Waals surface area contributed by atoms with Gasteiger partial charge in [0, 0.05) is 63.9 Å². The van der Waals surface area contributed by atoms with Crippen LogP contribution in [0.1, 0.15) is 31.3 Å². The average molecular weight is 448 g/mol. The van der Waals surface area contributed by atoms with Crippen LogP contribution >= 0.6 is 0 Å². The Morgan fingerprint density at radius 1 is 1.03 bits per heavy atom. The Labute approximate surface area is 185 Å². The second-order valence-electron chi connectivity index (χ2n) is 7.68. The van der Waals surface area contributed by atoms with Gasteiger partial charge in [-0.1, -0.05) is 20.8 Å². The summed E-state index contributed by atoms with van der Waals surface area (Å²) in [4.78, 5) is 17.7. The highest BCUT2D eigenvalue weighted by atomic mass is 32.2. The van der Waals surface area contributed by atoms with Crippen LogP contribution in [0.2, 0.25) is 0 Å². The Hall–Kier alpha value is -2.36. The first kappa shape index (κ1) is 23.3. The first-order chi connectivity index (χ1) is 14.8. The highest BCUT2D eigenvalue weighted by molar-refractivity contribution is 7.89. The van der Waals surface area contributed by atoms with Crippen LogP contribution in [0.5, 0.6) is 0 Å². The normalized spacial score (nSPS) is 15.5. The maximum Gasteiger partial charge on any atom is 0.272 e. The fraction of sp³-hybridized carbons (Fsp3) is 0.500. The zero-order valence-corrected chi connectivity index (χ0v) is 19.7. The lowest BCUT2D eigenvalue weighted by Gasteiger charge is -2.35. The van der Waals surface area contributed by atoms with E-state index in [1.54, 1.807) is 25.5 Å². The van der Waals surface area contributed by atoms with E-state index in [9.17, 15) is 13.2 Å². The molecule has 0 aliphatic carbocycles. The van der Waals surface area contributed by atoms with Crippen LogP contribution in [0.3, 0.4) is 0 Å². The third-order valence-electron chi connectivity index (χ3n) is 5.87. The van der Waals surface area contributed by atoms with E-state index >= 15 is 0 Å². The molecule has 0 spiro atoms. The van der Waals surface area contributed by atoms with Gasteiger partial charge in [0.2, 0.25) is 10.0 Å². The lowest BCUT2D eigenvalue weighted by Crippen LogP contribution is -2.46. The molecule has 1 aliphatic rings. The van der Waals surface area contributed by atoms with Crippen molar-refractivity contribution in [1.29, 1.82) is 0 Å². The number of hydrogen-bond donors (Lipinski definition) is 1. The Bertz CT molecular complexity index is 989. The third kappa shape index (κ3) is 5.11. The number of carbonyl (C=O) groups is 1. The van der Waals surface area contributed by atoms with Gasteiger partial charge in [-0.25, -0.2) is 8.42 Å². The summed E-state index contributed by atoms with van der Waals surface area (Å²) in [6.45, 7) is 11.7. The number of carbonyl (C=O) groups excluding carboxylic acids is 1. The number of anilines is 2. The van der Waals surface area contributed by atoms with Crippen molar-refractivity contribution >= 4 is 27.3 Å². The van der Waals surface area contributed by atoms with E-state index in [0.29, 0.717) is 24.5 Å². The molecule has 1 amide bonds. The Morgan fingerprint density at radius 2 is 1.65 bits per heavy atom. The van der Waals surface area contributed by atoms with E-state index in [4.69, 9.17) is 0 Å². The van der Waals surface area contributed by atoms with Gasteiger partial charge in [0.15, 0.2) is 0 Å². The monoisotopic (exact) mass is 447 g/mol. The summed E-state index contributed by atoms with van der Waals surface area (Å²) in [5, 5.41) is 2.87. The van der Waals surface area contributed by atoms with Gasteiger partial charge in [-0.15, -0.1) is 0 Å². The highest BCUT2D eigenvalue weighted by Gasteiger charge is 2.25. The van der Waals surface area contributed by atoms with Crippen molar-refractivity contribution in [2.45, 2.75) is 25.7 Å². The third-order valence-corrected chi connectivity index (χ3v) is 7.88. The molecule has 3 rings (SSSR count). The number of likely N-dealkylation sites (N-methyl/N-ethyl adjacent to an activating group) is 1. The number of piperazine rings is 1. The second-order valence-corrected chi connectivity index (χ2v) is 9.62. The molecule has 1 fully saturated rings. The predicted molar refractivity (Wildman–Crippen MR) is 124 cm³/mol. The van der Waals surface area contributed by atoms with Gasteiger partial charge in [0.25, 0.3) is 5.91 Å². The standard InChI is InChI=1S/C22H33N5O3S/c1-5-25-12-14-26(15-13-25)19-10-8-18(9-11-19)23-22(28)21-16-20(17-24(21)4)31(29,30)27(6-2)7-3/h8-11,16-17H,5-7,12-15H2,1-4H3,(H,23,28). The zero-order chi connectivity index (χ0) is 22.6. The number of amides is 1. The van der Waals surface area contributed by atoms with Gasteiger partial charge in [-0.2, -0.15) is 4.31 Å². The van der Waals surface area contributed by atoms with Crippen molar-refractivity contribution in [2.75, 3.05) is 56.0 Å². The molecule has 170 valence electrons. The second kappa shape index (κ2) is 9.84. The highest BCUT2D eigenvalue weighted by Crippen LogP contribution is 2.22. The molecule has 31 heavy (non-hydrogen) atoms. The number of benzene rings is 1. The van der Waals surface area contributed by atoms with E-state index in [-0.39, 0.29) is 10.8 Å². The van der Waals surface area contributed by atoms with Crippen molar-refractivity contribution in [3.63, 3.8) is 0 Å². The van der Waals surface area contributed by atoms with Crippen LogP contribution < -0.4 is 10.2 Å². The average Bonchev–Trinajstić information content (AvgIpc) is 3.18. The maximum absolute atomic E-state index is 12.8. The van der Waals surface area contributed by atoms with Gasteiger partial charge in [0.05, 0.1) is 0 Å². The Morgan fingerprint density at radius 3 is 2.19 bits per heavy atom. The van der Waals surface area contributed by atoms with Gasteiger partial charge in [-0.05, 0) is 36.9 Å². The number of nitrogens with zero attached hydrogens (tertiary/aromatic N) is 4. The molecule has 8 nitrogen and oxygen atoms in total. The summed E-state index contributed by atoms with van der Waals surface area (Å²) in [6, 6.07) is 9.23. The minimum Gasteiger partial charge on any atom is -0.369 e.